The minimum absolute atomic E-state index is 0.628. The molecule has 0 saturated heterocycles. The van der Waals surface area contributed by atoms with Gasteiger partial charge >= 0.3 is 0 Å². The summed E-state index contributed by atoms with van der Waals surface area (Å²) in [6.45, 7) is 8.74. The van der Waals surface area contributed by atoms with Crippen molar-refractivity contribution >= 4 is 47.7 Å². The first-order chi connectivity index (χ1) is 20.4. The van der Waals surface area contributed by atoms with Gasteiger partial charge in [0, 0.05) is 0 Å². The Balaban J connectivity index is 1.33. The number of rotatable bonds is 7. The van der Waals surface area contributed by atoms with Crippen LogP contribution in [0.3, 0.4) is 0 Å². The quantitative estimate of drug-likeness (QED) is 0.168. The summed E-state index contributed by atoms with van der Waals surface area (Å²) in [5.41, 5.74) is 7.73. The van der Waals surface area contributed by atoms with E-state index in [0.29, 0.717) is 0 Å². The molecule has 6 rings (SSSR count). The van der Waals surface area contributed by atoms with Gasteiger partial charge in [-0.25, -0.2) is 0 Å². The summed E-state index contributed by atoms with van der Waals surface area (Å²) in [4.78, 5) is 0. The Morgan fingerprint density at radius 2 is 0.548 bits per heavy atom. The van der Waals surface area contributed by atoms with Crippen LogP contribution in [0.5, 0.6) is 0 Å². The summed E-state index contributed by atoms with van der Waals surface area (Å²) in [7, 11) is -1.26. The minimum atomic E-state index is -0.628. The average Bonchev–Trinajstić information content (AvgIpc) is 2.99. The Labute approximate surface area is 253 Å². The molecule has 6 aromatic carbocycles. The lowest BCUT2D eigenvalue weighted by Crippen LogP contribution is -2.21. The fraction of sp³-hybridized carbons (Fsp3) is 0.100. The summed E-state index contributed by atoms with van der Waals surface area (Å²) >= 11 is 0. The lowest BCUT2D eigenvalue weighted by Gasteiger charge is -2.21. The molecular weight excluding hydrogens is 542 g/mol. The molecule has 0 amide bonds. The molecule has 0 saturated carbocycles. The topological polar surface area (TPSA) is 0 Å². The monoisotopic (exact) mass is 578 g/mol. The Hall–Kier alpha value is -3.82. The molecule has 42 heavy (non-hydrogen) atoms. The molecule has 0 spiro atoms. The summed E-state index contributed by atoms with van der Waals surface area (Å²) in [5, 5.41) is 8.34. The highest BCUT2D eigenvalue weighted by molar-refractivity contribution is 7.80. The molecule has 0 radical (unpaired) electrons. The molecule has 0 aliphatic rings. The minimum Gasteiger partial charge on any atom is -0.0613 e. The van der Waals surface area contributed by atoms with Crippen molar-refractivity contribution in [2.24, 2.45) is 0 Å². The van der Waals surface area contributed by atoms with Gasteiger partial charge in [-0.3, -0.25) is 0 Å². The largest absolute Gasteiger partial charge is 0.0613 e. The zero-order valence-electron chi connectivity index (χ0n) is 24.8. The number of hydrogen-bond donors (Lipinski definition) is 0. The van der Waals surface area contributed by atoms with Crippen molar-refractivity contribution in [2.75, 3.05) is 0 Å². The number of aryl methyl sites for hydroxylation is 4. The second kappa shape index (κ2) is 12.6. The summed E-state index contributed by atoms with van der Waals surface area (Å²) in [6, 6.07) is 54.6. The van der Waals surface area contributed by atoms with Gasteiger partial charge in [0.05, 0.1) is 0 Å². The Morgan fingerprint density at radius 1 is 0.286 bits per heavy atom. The molecule has 2 heteroatoms. The normalized spacial score (nSPS) is 11.3. The molecule has 0 aromatic heterocycles. The van der Waals surface area contributed by atoms with E-state index in [1.807, 2.05) is 0 Å². The van der Waals surface area contributed by atoms with Crippen LogP contribution in [0.15, 0.2) is 146 Å². The van der Waals surface area contributed by atoms with E-state index < -0.39 is 15.8 Å². The van der Waals surface area contributed by atoms with Gasteiger partial charge in [0.15, 0.2) is 0 Å². The molecule has 6 aromatic rings. The molecule has 0 aliphatic carbocycles. The van der Waals surface area contributed by atoms with E-state index in [-0.39, 0.29) is 0 Å². The van der Waals surface area contributed by atoms with Crippen LogP contribution < -0.4 is 31.8 Å². The van der Waals surface area contributed by atoms with Gasteiger partial charge in [-0.05, 0) is 86.5 Å². The molecule has 0 heterocycles. The second-order valence-electron chi connectivity index (χ2n) is 11.1. The maximum absolute atomic E-state index is 2.35. The molecule has 0 N–H and O–H groups in total. The third-order valence-corrected chi connectivity index (χ3v) is 12.4. The number of benzene rings is 6. The third kappa shape index (κ3) is 6.32. The summed E-state index contributed by atoms with van der Waals surface area (Å²) in [6.07, 6.45) is 0. The standard InChI is InChI=1S/C40H36P2/c1-29-9-5-13-37(25-29)41(38-14-6-10-30(2)26-38)35-21-17-33(18-22-35)34-19-23-36(24-20-34)42(39-15-7-11-31(3)27-39)40-16-8-12-32(4)28-40/h5-28H,1-4H3. The first kappa shape index (κ1) is 28.3. The van der Waals surface area contributed by atoms with Crippen LogP contribution in [0.25, 0.3) is 11.1 Å². The number of hydrogen-bond acceptors (Lipinski definition) is 0. The van der Waals surface area contributed by atoms with Crippen molar-refractivity contribution in [1.29, 1.82) is 0 Å². The predicted octanol–water partition coefficient (Wildman–Crippen LogP) is 8.10. The summed E-state index contributed by atoms with van der Waals surface area (Å²) in [5.74, 6) is 0. The lowest BCUT2D eigenvalue weighted by atomic mass is 10.1. The van der Waals surface area contributed by atoms with E-state index in [1.165, 1.54) is 65.2 Å². The zero-order valence-corrected chi connectivity index (χ0v) is 26.5. The van der Waals surface area contributed by atoms with E-state index >= 15 is 0 Å². The van der Waals surface area contributed by atoms with Crippen molar-refractivity contribution in [3.05, 3.63) is 168 Å². The van der Waals surface area contributed by atoms with Crippen molar-refractivity contribution in [1.82, 2.24) is 0 Å². The van der Waals surface area contributed by atoms with Crippen LogP contribution in [-0.4, -0.2) is 0 Å². The van der Waals surface area contributed by atoms with Gasteiger partial charge in [0.25, 0.3) is 0 Å². The molecule has 206 valence electrons. The first-order valence-corrected chi connectivity index (χ1v) is 17.2. The lowest BCUT2D eigenvalue weighted by molar-refractivity contribution is 1.49. The Morgan fingerprint density at radius 3 is 0.786 bits per heavy atom. The Kier molecular flexibility index (Phi) is 8.48. The van der Waals surface area contributed by atoms with E-state index in [4.69, 9.17) is 0 Å². The van der Waals surface area contributed by atoms with Crippen molar-refractivity contribution in [3.8, 4) is 11.1 Å². The molecule has 0 unspecified atom stereocenters. The van der Waals surface area contributed by atoms with Crippen LogP contribution in [0, 0.1) is 27.7 Å². The van der Waals surface area contributed by atoms with Crippen molar-refractivity contribution < 1.29 is 0 Å². The van der Waals surface area contributed by atoms with E-state index in [0.717, 1.165) is 0 Å². The molecular formula is C40H36P2. The molecule has 0 atom stereocenters. The van der Waals surface area contributed by atoms with Crippen molar-refractivity contribution in [2.45, 2.75) is 27.7 Å². The fourth-order valence-corrected chi connectivity index (χ4v) is 10.5. The highest BCUT2D eigenvalue weighted by Gasteiger charge is 2.19. The third-order valence-electron chi connectivity index (χ3n) is 7.62. The van der Waals surface area contributed by atoms with E-state index in [2.05, 4.69) is 173 Å². The smallest absolute Gasteiger partial charge is 0.0134 e. The highest BCUT2D eigenvalue weighted by Crippen LogP contribution is 2.36. The van der Waals surface area contributed by atoms with Gasteiger partial charge < -0.3 is 0 Å². The fourth-order valence-electron chi connectivity index (χ4n) is 5.57. The maximum atomic E-state index is 2.35. The van der Waals surface area contributed by atoms with Crippen LogP contribution in [-0.2, 0) is 0 Å². The van der Waals surface area contributed by atoms with Crippen molar-refractivity contribution in [3.63, 3.8) is 0 Å². The highest BCUT2D eigenvalue weighted by atomic mass is 31.1. The van der Waals surface area contributed by atoms with Crippen LogP contribution in [0.4, 0.5) is 0 Å². The second-order valence-corrected chi connectivity index (χ2v) is 15.6. The van der Waals surface area contributed by atoms with E-state index in [9.17, 15) is 0 Å². The molecule has 0 fully saturated rings. The maximum Gasteiger partial charge on any atom is -0.0134 e. The van der Waals surface area contributed by atoms with Gasteiger partial charge in [-0.2, -0.15) is 0 Å². The molecule has 0 aliphatic heterocycles. The van der Waals surface area contributed by atoms with Crippen LogP contribution in [0.2, 0.25) is 0 Å². The molecule has 0 nitrogen and oxygen atoms in total. The first-order valence-electron chi connectivity index (χ1n) is 14.5. The van der Waals surface area contributed by atoms with Gasteiger partial charge in [0.2, 0.25) is 0 Å². The Bertz CT molecular complexity index is 1590. The van der Waals surface area contributed by atoms with Gasteiger partial charge in [-0.15, -0.1) is 0 Å². The molecule has 0 bridgehead atoms. The average molecular weight is 579 g/mol. The predicted molar refractivity (Wildman–Crippen MR) is 188 cm³/mol. The zero-order chi connectivity index (χ0) is 29.1. The van der Waals surface area contributed by atoms with Gasteiger partial charge in [0.1, 0.15) is 0 Å². The van der Waals surface area contributed by atoms with E-state index in [1.54, 1.807) is 0 Å². The summed E-state index contributed by atoms with van der Waals surface area (Å²) < 4.78 is 0. The van der Waals surface area contributed by atoms with Gasteiger partial charge in [-0.1, -0.05) is 168 Å². The van der Waals surface area contributed by atoms with Crippen LogP contribution >= 0.6 is 15.8 Å². The van der Waals surface area contributed by atoms with Crippen LogP contribution in [0.1, 0.15) is 22.3 Å². The SMILES string of the molecule is Cc1cccc(P(c2ccc(-c3ccc(P(c4cccc(C)c4)c4cccc(C)c4)cc3)cc2)c2cccc(C)c2)c1.